The first-order valence-electron chi connectivity index (χ1n) is 12.3. The van der Waals surface area contributed by atoms with Gasteiger partial charge in [0.05, 0.1) is 11.8 Å². The van der Waals surface area contributed by atoms with Crippen LogP contribution in [0, 0.1) is 0 Å². The van der Waals surface area contributed by atoms with Crippen LogP contribution >= 0.6 is 0 Å². The van der Waals surface area contributed by atoms with Crippen molar-refractivity contribution in [3.05, 3.63) is 60.2 Å². The van der Waals surface area contributed by atoms with E-state index in [1.807, 2.05) is 6.07 Å². The molecule has 1 saturated heterocycles. The van der Waals surface area contributed by atoms with Crippen LogP contribution in [0.15, 0.2) is 59.6 Å². The zero-order chi connectivity index (χ0) is 26.8. The molecule has 0 bridgehead atoms. The van der Waals surface area contributed by atoms with Gasteiger partial charge in [0.1, 0.15) is 24.0 Å². The number of carbonyl (C=O) groups is 3. The predicted molar refractivity (Wildman–Crippen MR) is 139 cm³/mol. The van der Waals surface area contributed by atoms with Crippen molar-refractivity contribution in [3.63, 3.8) is 0 Å². The number of carbonyl (C=O) groups excluding carboxylic acids is 3. The number of ether oxygens (including phenoxy) is 2. The molecule has 1 radical (unpaired) electrons. The number of esters is 1. The summed E-state index contributed by atoms with van der Waals surface area (Å²) in [5.74, 6) is -1.13. The lowest BCUT2D eigenvalue weighted by atomic mass is 10.0. The molecule has 9 heteroatoms. The van der Waals surface area contributed by atoms with Gasteiger partial charge in [0.2, 0.25) is 5.91 Å². The van der Waals surface area contributed by atoms with Gasteiger partial charge in [-0.2, -0.15) is 0 Å². The van der Waals surface area contributed by atoms with Crippen LogP contribution in [0.5, 0.6) is 5.75 Å². The molecule has 2 N–H and O–H groups in total. The van der Waals surface area contributed by atoms with Gasteiger partial charge in [-0.1, -0.05) is 30.3 Å². The summed E-state index contributed by atoms with van der Waals surface area (Å²) in [7, 11) is 0. The fraction of sp³-hybridized carbons (Fsp3) is 0.429. The topological polar surface area (TPSA) is 118 Å². The van der Waals surface area contributed by atoms with E-state index >= 15 is 0 Å². The molecule has 1 unspecified atom stereocenters. The number of phenolic OH excluding ortho intramolecular Hbond substituents is 1. The minimum atomic E-state index is -0.838. The molecule has 9 nitrogen and oxygen atoms in total. The van der Waals surface area contributed by atoms with Gasteiger partial charge < -0.3 is 24.8 Å². The largest absolute Gasteiger partial charge is 0.508 e. The van der Waals surface area contributed by atoms with Crippen LogP contribution in [-0.2, 0) is 30.3 Å². The van der Waals surface area contributed by atoms with E-state index in [1.165, 1.54) is 12.1 Å². The number of nitrogens with zero attached hydrogens (tertiary/aromatic N) is 2. The van der Waals surface area contributed by atoms with E-state index in [9.17, 15) is 19.5 Å². The molecule has 1 aliphatic heterocycles. The first-order valence-corrected chi connectivity index (χ1v) is 12.3. The number of likely N-dealkylation sites (tertiary alicyclic amines) is 1. The SMILES string of the molecule is CC(C)(C)OC(=O)COC1CCN(C(=O)C(Cc2ccc(O)cc2)NC(=O)/[C]=N/c2ccccc2)CC1. The van der Waals surface area contributed by atoms with Crippen LogP contribution in [0.1, 0.15) is 39.2 Å². The zero-order valence-corrected chi connectivity index (χ0v) is 21.5. The number of phenols is 1. The lowest BCUT2D eigenvalue weighted by molar-refractivity contribution is -0.163. The zero-order valence-electron chi connectivity index (χ0n) is 21.5. The van der Waals surface area contributed by atoms with Crippen molar-refractivity contribution >= 4 is 29.7 Å². The highest BCUT2D eigenvalue weighted by molar-refractivity contribution is 6.27. The molecule has 197 valence electrons. The monoisotopic (exact) mass is 508 g/mol. The number of hydrogen-bond donors (Lipinski definition) is 2. The van der Waals surface area contributed by atoms with Gasteiger partial charge in [-0.05, 0) is 63.4 Å². The van der Waals surface area contributed by atoms with Crippen LogP contribution in [0.3, 0.4) is 0 Å². The molecule has 1 fully saturated rings. The molecule has 2 aromatic carbocycles. The number of para-hydroxylation sites is 1. The van der Waals surface area contributed by atoms with Crippen molar-refractivity contribution < 1.29 is 29.0 Å². The van der Waals surface area contributed by atoms with Crippen molar-refractivity contribution in [1.29, 1.82) is 0 Å². The number of aromatic hydroxyl groups is 1. The second-order valence-corrected chi connectivity index (χ2v) is 9.88. The van der Waals surface area contributed by atoms with E-state index in [0.29, 0.717) is 31.6 Å². The third-order valence-electron chi connectivity index (χ3n) is 5.63. The van der Waals surface area contributed by atoms with Gasteiger partial charge in [-0.3, -0.25) is 9.59 Å². The number of piperidine rings is 1. The Morgan fingerprint density at radius 3 is 2.35 bits per heavy atom. The van der Waals surface area contributed by atoms with Crippen molar-refractivity contribution in [2.45, 2.75) is 57.8 Å². The quantitative estimate of drug-likeness (QED) is 0.397. The Balaban J connectivity index is 1.59. The molecular formula is C28H34N3O6. The summed E-state index contributed by atoms with van der Waals surface area (Å²) in [6.07, 6.45) is 3.65. The number of benzene rings is 2. The fourth-order valence-electron chi connectivity index (χ4n) is 3.90. The highest BCUT2D eigenvalue weighted by atomic mass is 16.6. The standard InChI is InChI=1S/C28H34N3O6/c1-28(2,3)37-26(34)19-36-23-13-15-31(16-14-23)27(35)24(17-20-9-11-22(32)12-10-20)30-25(33)18-29-21-7-5-4-6-8-21/h4-12,23-24,32H,13-17,19H2,1-3H3,(H,30,33). The molecule has 1 atom stereocenters. The van der Waals surface area contributed by atoms with E-state index in [4.69, 9.17) is 9.47 Å². The van der Waals surface area contributed by atoms with Crippen molar-refractivity contribution in [3.8, 4) is 5.75 Å². The van der Waals surface area contributed by atoms with E-state index in [-0.39, 0.29) is 30.8 Å². The maximum Gasteiger partial charge on any atom is 0.332 e. The van der Waals surface area contributed by atoms with Gasteiger partial charge in [0.15, 0.2) is 6.21 Å². The van der Waals surface area contributed by atoms with E-state index in [2.05, 4.69) is 16.5 Å². The van der Waals surface area contributed by atoms with E-state index in [1.54, 1.807) is 62.1 Å². The third kappa shape index (κ3) is 9.69. The summed E-state index contributed by atoms with van der Waals surface area (Å²) in [6, 6.07) is 14.6. The fourth-order valence-corrected chi connectivity index (χ4v) is 3.90. The molecule has 37 heavy (non-hydrogen) atoms. The summed E-state index contributed by atoms with van der Waals surface area (Å²) in [5.41, 5.74) is 0.788. The maximum atomic E-state index is 13.4. The minimum Gasteiger partial charge on any atom is -0.508 e. The van der Waals surface area contributed by atoms with E-state index in [0.717, 1.165) is 5.56 Å². The molecule has 1 heterocycles. The molecule has 3 rings (SSSR count). The van der Waals surface area contributed by atoms with Crippen LogP contribution in [0.25, 0.3) is 0 Å². The number of amides is 2. The summed E-state index contributed by atoms with van der Waals surface area (Å²) in [4.78, 5) is 43.6. The van der Waals surface area contributed by atoms with Gasteiger partial charge in [-0.25, -0.2) is 9.79 Å². The first kappa shape index (κ1) is 27.9. The molecule has 0 saturated carbocycles. The van der Waals surface area contributed by atoms with Gasteiger partial charge in [0.25, 0.3) is 5.91 Å². The van der Waals surface area contributed by atoms with Gasteiger partial charge >= 0.3 is 5.97 Å². The summed E-state index contributed by atoms with van der Waals surface area (Å²) < 4.78 is 11.0. The van der Waals surface area contributed by atoms with Crippen LogP contribution in [-0.4, -0.2) is 71.4 Å². The average Bonchev–Trinajstić information content (AvgIpc) is 2.86. The summed E-state index contributed by atoms with van der Waals surface area (Å²) in [5, 5.41) is 12.3. The Morgan fingerprint density at radius 1 is 1.08 bits per heavy atom. The lowest BCUT2D eigenvalue weighted by Gasteiger charge is -2.34. The molecule has 0 aromatic heterocycles. The highest BCUT2D eigenvalue weighted by Gasteiger charge is 2.30. The van der Waals surface area contributed by atoms with Gasteiger partial charge in [-0.15, -0.1) is 0 Å². The van der Waals surface area contributed by atoms with Crippen LogP contribution in [0.4, 0.5) is 5.69 Å². The predicted octanol–water partition coefficient (Wildman–Crippen LogP) is 3.05. The normalized spacial score (nSPS) is 15.4. The first-order chi connectivity index (χ1) is 17.6. The Labute approximate surface area is 217 Å². The van der Waals surface area contributed by atoms with Crippen LogP contribution in [0.2, 0.25) is 0 Å². The number of aliphatic imine (C=N–C) groups is 1. The average molecular weight is 509 g/mol. The molecule has 1 aliphatic rings. The molecule has 0 spiro atoms. The lowest BCUT2D eigenvalue weighted by Crippen LogP contribution is -2.52. The Morgan fingerprint density at radius 2 is 1.73 bits per heavy atom. The molecule has 0 aliphatic carbocycles. The third-order valence-corrected chi connectivity index (χ3v) is 5.63. The second kappa shape index (κ2) is 13.0. The smallest absolute Gasteiger partial charge is 0.332 e. The minimum absolute atomic E-state index is 0.118. The van der Waals surface area contributed by atoms with Crippen molar-refractivity contribution in [1.82, 2.24) is 10.2 Å². The Bertz CT molecular complexity index is 1070. The Kier molecular flexibility index (Phi) is 9.79. The highest BCUT2D eigenvalue weighted by Crippen LogP contribution is 2.18. The van der Waals surface area contributed by atoms with Crippen molar-refractivity contribution in [2.75, 3.05) is 19.7 Å². The molecular weight excluding hydrogens is 474 g/mol. The molecule has 2 amide bonds. The summed E-state index contributed by atoms with van der Waals surface area (Å²) in [6.45, 7) is 6.13. The van der Waals surface area contributed by atoms with Crippen LogP contribution < -0.4 is 5.32 Å². The molecule has 2 aromatic rings. The number of rotatable bonds is 9. The number of hydrogen-bond acceptors (Lipinski definition) is 7. The second-order valence-electron chi connectivity index (χ2n) is 9.88. The maximum absolute atomic E-state index is 13.4. The number of nitrogens with one attached hydrogen (secondary N) is 1. The summed E-state index contributed by atoms with van der Waals surface area (Å²) >= 11 is 0. The Hall–Kier alpha value is -3.72. The van der Waals surface area contributed by atoms with Gasteiger partial charge in [0, 0.05) is 19.5 Å². The van der Waals surface area contributed by atoms with E-state index < -0.39 is 23.5 Å². The van der Waals surface area contributed by atoms with Crippen molar-refractivity contribution in [2.24, 2.45) is 4.99 Å².